The van der Waals surface area contributed by atoms with Crippen LogP contribution in [0.4, 0.5) is 13.2 Å². The van der Waals surface area contributed by atoms with Crippen LogP contribution in [0.5, 0.6) is 0 Å². The molecule has 0 nitrogen and oxygen atoms in total. The van der Waals surface area contributed by atoms with Gasteiger partial charge < -0.3 is 0 Å². The number of benzene rings is 1. The molecule has 6 heteroatoms. The lowest BCUT2D eigenvalue weighted by Crippen LogP contribution is -2.00. The van der Waals surface area contributed by atoms with Gasteiger partial charge in [0.05, 0.1) is 9.85 Å². The van der Waals surface area contributed by atoms with Crippen molar-refractivity contribution >= 4 is 38.9 Å². The smallest absolute Gasteiger partial charge is 0.194 e. The summed E-state index contributed by atoms with van der Waals surface area (Å²) in [6, 6.07) is 3.75. The van der Waals surface area contributed by atoms with Gasteiger partial charge in [0, 0.05) is 10.4 Å². The second-order valence-corrected chi connectivity index (χ2v) is 5.53. The Morgan fingerprint density at radius 3 is 2.41 bits per heavy atom. The van der Waals surface area contributed by atoms with E-state index in [-0.39, 0.29) is 5.56 Å². The fourth-order valence-corrected chi connectivity index (χ4v) is 3.58. The summed E-state index contributed by atoms with van der Waals surface area (Å²) < 4.78 is 39.4. The van der Waals surface area contributed by atoms with Crippen LogP contribution in [0.1, 0.15) is 15.3 Å². The van der Waals surface area contributed by atoms with E-state index in [9.17, 15) is 13.2 Å². The summed E-state index contributed by atoms with van der Waals surface area (Å²) in [6.07, 6.45) is 0. The maximum Gasteiger partial charge on any atom is 0.194 e. The van der Waals surface area contributed by atoms with Gasteiger partial charge in [-0.25, -0.2) is 13.2 Å². The van der Waals surface area contributed by atoms with E-state index in [1.165, 1.54) is 17.4 Å². The van der Waals surface area contributed by atoms with E-state index in [0.717, 1.165) is 6.07 Å². The van der Waals surface area contributed by atoms with E-state index in [2.05, 4.69) is 15.9 Å². The molecule has 0 aliphatic carbocycles. The normalized spacial score (nSPS) is 12.8. The van der Waals surface area contributed by atoms with E-state index in [1.807, 2.05) is 0 Å². The predicted molar refractivity (Wildman–Crippen MR) is 66.4 cm³/mol. The molecule has 1 heterocycles. The SMILES string of the molecule is Fc1ccc(C(Br)c2sccc2Cl)c(F)c1F. The average Bonchev–Trinajstić information content (AvgIpc) is 2.72. The summed E-state index contributed by atoms with van der Waals surface area (Å²) in [5.74, 6) is -3.88. The molecule has 0 saturated heterocycles. The summed E-state index contributed by atoms with van der Waals surface area (Å²) in [6.45, 7) is 0. The fourth-order valence-electron chi connectivity index (χ4n) is 1.36. The highest BCUT2D eigenvalue weighted by molar-refractivity contribution is 9.09. The molecule has 2 aromatic rings. The molecule has 0 fully saturated rings. The van der Waals surface area contributed by atoms with Crippen molar-refractivity contribution in [2.75, 3.05) is 0 Å². The van der Waals surface area contributed by atoms with Gasteiger partial charge in [0.25, 0.3) is 0 Å². The van der Waals surface area contributed by atoms with Crippen molar-refractivity contribution in [3.8, 4) is 0 Å². The van der Waals surface area contributed by atoms with E-state index in [0.29, 0.717) is 9.90 Å². The van der Waals surface area contributed by atoms with Crippen LogP contribution in [0.2, 0.25) is 5.02 Å². The van der Waals surface area contributed by atoms with E-state index >= 15 is 0 Å². The Morgan fingerprint density at radius 1 is 1.12 bits per heavy atom. The average molecular weight is 342 g/mol. The molecular formula is C11H5BrClF3S. The number of rotatable bonds is 2. The highest BCUT2D eigenvalue weighted by atomic mass is 79.9. The van der Waals surface area contributed by atoms with Gasteiger partial charge in [-0.3, -0.25) is 0 Å². The van der Waals surface area contributed by atoms with E-state index in [4.69, 9.17) is 11.6 Å². The third kappa shape index (κ3) is 2.37. The number of alkyl halides is 1. The van der Waals surface area contributed by atoms with Crippen LogP contribution in [0.25, 0.3) is 0 Å². The van der Waals surface area contributed by atoms with Crippen LogP contribution in [0.15, 0.2) is 23.6 Å². The second kappa shape index (κ2) is 5.00. The maximum atomic E-state index is 13.6. The van der Waals surface area contributed by atoms with Crippen molar-refractivity contribution in [2.24, 2.45) is 0 Å². The fraction of sp³-hybridized carbons (Fsp3) is 0.0909. The second-order valence-electron chi connectivity index (χ2n) is 3.26. The summed E-state index contributed by atoms with van der Waals surface area (Å²) in [5.41, 5.74) is 0.0215. The highest BCUT2D eigenvalue weighted by Crippen LogP contribution is 2.40. The predicted octanol–water partition coefficient (Wildman–Crippen LogP) is 5.30. The molecule has 0 spiro atoms. The van der Waals surface area contributed by atoms with Gasteiger partial charge in [0.1, 0.15) is 0 Å². The number of hydrogen-bond donors (Lipinski definition) is 0. The first kappa shape index (κ1) is 12.9. The molecule has 0 radical (unpaired) electrons. The Morgan fingerprint density at radius 2 is 1.82 bits per heavy atom. The number of halogens is 5. The minimum Gasteiger partial charge on any atom is -0.204 e. The Hall–Kier alpha value is -0.520. The first-order valence-electron chi connectivity index (χ1n) is 4.52. The molecule has 1 atom stereocenters. The number of thiophene rings is 1. The molecule has 1 aromatic carbocycles. The molecule has 1 aromatic heterocycles. The van der Waals surface area contributed by atoms with Crippen LogP contribution < -0.4 is 0 Å². The van der Waals surface area contributed by atoms with Gasteiger partial charge in [0.15, 0.2) is 17.5 Å². The molecule has 0 N–H and O–H groups in total. The lowest BCUT2D eigenvalue weighted by molar-refractivity contribution is 0.442. The van der Waals surface area contributed by atoms with Crippen molar-refractivity contribution in [1.29, 1.82) is 0 Å². The highest BCUT2D eigenvalue weighted by Gasteiger charge is 2.22. The minimum absolute atomic E-state index is 0.0215. The first-order chi connectivity index (χ1) is 8.02. The zero-order chi connectivity index (χ0) is 12.6. The number of hydrogen-bond acceptors (Lipinski definition) is 1. The molecule has 90 valence electrons. The Bertz CT molecular complexity index is 556. The zero-order valence-corrected chi connectivity index (χ0v) is 11.3. The van der Waals surface area contributed by atoms with Crippen molar-refractivity contribution < 1.29 is 13.2 Å². The molecule has 0 saturated carbocycles. The molecule has 0 aliphatic heterocycles. The van der Waals surface area contributed by atoms with Crippen molar-refractivity contribution in [3.05, 3.63) is 56.5 Å². The van der Waals surface area contributed by atoms with Crippen molar-refractivity contribution in [1.82, 2.24) is 0 Å². The summed E-state index contributed by atoms with van der Waals surface area (Å²) in [5, 5.41) is 2.20. The molecule has 0 amide bonds. The van der Waals surface area contributed by atoms with Crippen LogP contribution in [-0.2, 0) is 0 Å². The van der Waals surface area contributed by atoms with Gasteiger partial charge in [-0.1, -0.05) is 33.6 Å². The van der Waals surface area contributed by atoms with E-state index < -0.39 is 22.3 Å². The molecular weight excluding hydrogens is 337 g/mol. The lowest BCUT2D eigenvalue weighted by Gasteiger charge is -2.10. The first-order valence-corrected chi connectivity index (χ1v) is 6.70. The molecule has 2 rings (SSSR count). The third-order valence-corrected chi connectivity index (χ3v) is 4.89. The Kier molecular flexibility index (Phi) is 3.80. The largest absolute Gasteiger partial charge is 0.204 e. The molecule has 1 unspecified atom stereocenters. The molecule has 17 heavy (non-hydrogen) atoms. The van der Waals surface area contributed by atoms with Crippen LogP contribution in [-0.4, -0.2) is 0 Å². The van der Waals surface area contributed by atoms with Crippen LogP contribution in [0.3, 0.4) is 0 Å². The van der Waals surface area contributed by atoms with Gasteiger partial charge in [0.2, 0.25) is 0 Å². The lowest BCUT2D eigenvalue weighted by atomic mass is 10.1. The van der Waals surface area contributed by atoms with Gasteiger partial charge in [-0.15, -0.1) is 11.3 Å². The van der Waals surface area contributed by atoms with Crippen molar-refractivity contribution in [2.45, 2.75) is 4.83 Å². The minimum atomic E-state index is -1.47. The topological polar surface area (TPSA) is 0 Å². The van der Waals surface area contributed by atoms with Crippen LogP contribution >= 0.6 is 38.9 Å². The van der Waals surface area contributed by atoms with Crippen molar-refractivity contribution in [3.63, 3.8) is 0 Å². The Balaban J connectivity index is 2.48. The molecule has 0 bridgehead atoms. The summed E-state index contributed by atoms with van der Waals surface area (Å²) in [4.78, 5) is 0.0571. The standard InChI is InChI=1S/C11H5BrClF3S/c12-8(11-6(13)3-4-17-11)5-1-2-7(14)10(16)9(5)15/h1-4,8H. The molecule has 0 aliphatic rings. The quantitative estimate of drug-likeness (QED) is 0.513. The third-order valence-electron chi connectivity index (χ3n) is 2.21. The zero-order valence-electron chi connectivity index (χ0n) is 8.18. The van der Waals surface area contributed by atoms with Gasteiger partial charge in [-0.2, -0.15) is 0 Å². The van der Waals surface area contributed by atoms with Gasteiger partial charge in [-0.05, 0) is 17.5 Å². The Labute approximate surface area is 113 Å². The van der Waals surface area contributed by atoms with E-state index in [1.54, 1.807) is 11.4 Å². The monoisotopic (exact) mass is 340 g/mol. The maximum absolute atomic E-state index is 13.6. The van der Waals surface area contributed by atoms with Gasteiger partial charge >= 0.3 is 0 Å². The summed E-state index contributed by atoms with van der Waals surface area (Å²) in [7, 11) is 0. The summed E-state index contributed by atoms with van der Waals surface area (Å²) >= 11 is 10.4. The van der Waals surface area contributed by atoms with Crippen LogP contribution in [0, 0.1) is 17.5 Å².